The highest BCUT2D eigenvalue weighted by Crippen LogP contribution is 2.31. The average Bonchev–Trinajstić information content (AvgIpc) is 2.88. The molecule has 5 nitrogen and oxygen atoms in total. The van der Waals surface area contributed by atoms with Gasteiger partial charge in [0, 0.05) is 5.39 Å². The van der Waals surface area contributed by atoms with Crippen LogP contribution in [0.2, 0.25) is 0 Å². The number of carbonyl (C=O) groups excluding carboxylic acids is 1. The van der Waals surface area contributed by atoms with Crippen LogP contribution in [0.4, 0.5) is 4.39 Å². The number of rotatable bonds is 2. The Kier molecular flexibility index (Phi) is 3.25. The summed E-state index contributed by atoms with van der Waals surface area (Å²) in [5.41, 5.74) is 0.185. The molecule has 1 fully saturated rings. The number of aromatic hydroxyl groups is 1. The van der Waals surface area contributed by atoms with E-state index in [1.807, 2.05) is 24.3 Å². The number of halogens is 1. The highest BCUT2D eigenvalue weighted by molar-refractivity contribution is 5.95. The number of benzene rings is 1. The topological polar surface area (TPSA) is 58.5 Å². The van der Waals surface area contributed by atoms with Gasteiger partial charge in [0.1, 0.15) is 6.04 Å². The van der Waals surface area contributed by atoms with E-state index in [1.165, 1.54) is 4.52 Å². The summed E-state index contributed by atoms with van der Waals surface area (Å²) in [7, 11) is 0. The van der Waals surface area contributed by atoms with E-state index < -0.39 is 11.7 Å². The summed E-state index contributed by atoms with van der Waals surface area (Å²) < 4.78 is 16.5. The molecule has 2 aromatic heterocycles. The summed E-state index contributed by atoms with van der Waals surface area (Å²) in [5, 5.41) is 16.5. The third-order valence-electron chi connectivity index (χ3n) is 4.72. The zero-order valence-corrected chi connectivity index (χ0v) is 12.6. The third-order valence-corrected chi connectivity index (χ3v) is 4.72. The van der Waals surface area contributed by atoms with Crippen LogP contribution in [0.15, 0.2) is 30.5 Å². The van der Waals surface area contributed by atoms with Gasteiger partial charge in [0.05, 0.1) is 11.6 Å². The number of hydrogen-bond acceptors (Lipinski definition) is 3. The van der Waals surface area contributed by atoms with Crippen LogP contribution in [0.1, 0.15) is 48.6 Å². The molecule has 2 heterocycles. The van der Waals surface area contributed by atoms with Gasteiger partial charge in [-0.1, -0.05) is 34.2 Å². The maximum absolute atomic E-state index is 13.5. The Balaban J connectivity index is 2.11. The van der Waals surface area contributed by atoms with Crippen molar-refractivity contribution in [2.24, 2.45) is 0 Å². The molecule has 1 N–H and O–H groups in total. The predicted octanol–water partition coefficient (Wildman–Crippen LogP) is 3.10. The lowest BCUT2D eigenvalue weighted by molar-refractivity contribution is -0.705. The van der Waals surface area contributed by atoms with Gasteiger partial charge < -0.3 is 5.11 Å². The Labute approximate surface area is 132 Å². The normalized spacial score (nSPS) is 16.2. The van der Waals surface area contributed by atoms with Gasteiger partial charge in [0.15, 0.2) is 0 Å². The first kappa shape index (κ1) is 14.1. The van der Waals surface area contributed by atoms with Crippen LogP contribution in [0.25, 0.3) is 16.4 Å². The number of hydrogen-bond donors (Lipinski definition) is 1. The smallest absolute Gasteiger partial charge is 0.381 e. The van der Waals surface area contributed by atoms with Crippen molar-refractivity contribution in [2.45, 2.75) is 38.1 Å². The molecule has 0 spiro atoms. The van der Waals surface area contributed by atoms with Crippen LogP contribution in [-0.2, 0) is 0 Å². The molecule has 0 bridgehead atoms. The first-order chi connectivity index (χ1) is 11.2. The summed E-state index contributed by atoms with van der Waals surface area (Å²) in [5.74, 6) is -0.326. The fourth-order valence-corrected chi connectivity index (χ4v) is 3.66. The van der Waals surface area contributed by atoms with Gasteiger partial charge in [-0.3, -0.25) is 4.79 Å². The zero-order chi connectivity index (χ0) is 16.0. The number of nitrogens with zero attached hydrogens (tertiary/aromatic N) is 3. The fourth-order valence-electron chi connectivity index (χ4n) is 3.66. The van der Waals surface area contributed by atoms with Gasteiger partial charge in [-0.2, -0.15) is 8.96 Å². The van der Waals surface area contributed by atoms with Crippen LogP contribution in [0.5, 0.6) is 5.88 Å². The minimum Gasteiger partial charge on any atom is -0.474 e. The molecule has 0 saturated heterocycles. The van der Waals surface area contributed by atoms with E-state index >= 15 is 0 Å². The molecule has 0 atom stereocenters. The summed E-state index contributed by atoms with van der Waals surface area (Å²) in [4.78, 5) is 11.4. The van der Waals surface area contributed by atoms with Crippen molar-refractivity contribution in [2.75, 3.05) is 0 Å². The van der Waals surface area contributed by atoms with E-state index in [4.69, 9.17) is 0 Å². The Hall–Kier alpha value is -2.50. The van der Waals surface area contributed by atoms with Gasteiger partial charge >= 0.3 is 23.3 Å². The molecule has 0 radical (unpaired) electrons. The molecule has 1 saturated carbocycles. The molecule has 0 aliphatic heterocycles. The molecule has 4 rings (SSSR count). The lowest BCUT2D eigenvalue weighted by Gasteiger charge is -2.19. The van der Waals surface area contributed by atoms with Crippen LogP contribution in [-0.4, -0.2) is 20.8 Å². The van der Waals surface area contributed by atoms with Gasteiger partial charge in [0.2, 0.25) is 0 Å². The van der Waals surface area contributed by atoms with Crippen molar-refractivity contribution < 1.29 is 18.9 Å². The predicted molar refractivity (Wildman–Crippen MR) is 82.1 cm³/mol. The Morgan fingerprint density at radius 2 is 2.00 bits per heavy atom. The standard InChI is InChI=1S/C17H16FN3O2/c18-15(22)14-17(23)20(12-7-2-1-3-8-12)16-13-9-5-4-6-11(13)10-19-21(14)16/h4-6,9-10,12H,1-3,7-8H2/p+1. The van der Waals surface area contributed by atoms with Crippen LogP contribution >= 0.6 is 0 Å². The van der Waals surface area contributed by atoms with E-state index in [0.717, 1.165) is 42.9 Å². The fraction of sp³-hybridized carbons (Fsp3) is 0.353. The van der Waals surface area contributed by atoms with Crippen LogP contribution < -0.4 is 4.57 Å². The quantitative estimate of drug-likeness (QED) is 0.584. The Bertz CT molecular complexity index is 913. The van der Waals surface area contributed by atoms with Crippen molar-refractivity contribution in [3.8, 4) is 5.88 Å². The van der Waals surface area contributed by atoms with E-state index in [1.54, 1.807) is 10.8 Å². The highest BCUT2D eigenvalue weighted by atomic mass is 19.1. The maximum Gasteiger partial charge on any atom is 0.381 e. The molecule has 3 aromatic rings. The molecule has 23 heavy (non-hydrogen) atoms. The van der Waals surface area contributed by atoms with Crippen LogP contribution in [0.3, 0.4) is 0 Å². The number of carbonyl (C=O) groups is 1. The van der Waals surface area contributed by atoms with Crippen molar-refractivity contribution in [1.82, 2.24) is 9.61 Å². The zero-order valence-electron chi connectivity index (χ0n) is 12.6. The molecular formula is C17H17FN3O2+. The van der Waals surface area contributed by atoms with E-state index in [0.29, 0.717) is 5.65 Å². The average molecular weight is 314 g/mol. The van der Waals surface area contributed by atoms with Crippen molar-refractivity contribution >= 4 is 22.5 Å². The Morgan fingerprint density at radius 1 is 1.26 bits per heavy atom. The molecular weight excluding hydrogens is 297 g/mol. The lowest BCUT2D eigenvalue weighted by atomic mass is 9.95. The van der Waals surface area contributed by atoms with Crippen molar-refractivity contribution in [1.29, 1.82) is 0 Å². The molecule has 0 amide bonds. The Morgan fingerprint density at radius 3 is 2.74 bits per heavy atom. The van der Waals surface area contributed by atoms with Crippen molar-refractivity contribution in [3.63, 3.8) is 0 Å². The SMILES string of the molecule is O=C(F)c1c(O)[n+](C2CCCCC2)c2c3ccccc3cnn12. The molecule has 0 unspecified atom stereocenters. The highest BCUT2D eigenvalue weighted by Gasteiger charge is 2.37. The minimum atomic E-state index is -1.67. The van der Waals surface area contributed by atoms with Crippen molar-refractivity contribution in [3.05, 3.63) is 36.2 Å². The minimum absolute atomic E-state index is 0.0551. The first-order valence-electron chi connectivity index (χ1n) is 7.91. The van der Waals surface area contributed by atoms with E-state index in [9.17, 15) is 14.3 Å². The number of imidazole rings is 1. The molecule has 6 heteroatoms. The molecule has 1 aliphatic rings. The summed E-state index contributed by atoms with van der Waals surface area (Å²) in [6.07, 6.45) is 6.68. The van der Waals surface area contributed by atoms with Crippen LogP contribution in [0, 0.1) is 0 Å². The number of fused-ring (bicyclic) bond motifs is 3. The lowest BCUT2D eigenvalue weighted by Crippen LogP contribution is -2.40. The molecule has 1 aromatic carbocycles. The van der Waals surface area contributed by atoms with Gasteiger partial charge in [-0.05, 0) is 31.7 Å². The first-order valence-corrected chi connectivity index (χ1v) is 7.91. The summed E-state index contributed by atoms with van der Waals surface area (Å²) in [6.45, 7) is 0. The van der Waals surface area contributed by atoms with Gasteiger partial charge in [-0.25, -0.2) is 0 Å². The molecule has 1 aliphatic carbocycles. The maximum atomic E-state index is 13.5. The summed E-state index contributed by atoms with van der Waals surface area (Å²) in [6, 6.07) is 5.98. The van der Waals surface area contributed by atoms with Gasteiger partial charge in [-0.15, -0.1) is 0 Å². The largest absolute Gasteiger partial charge is 0.474 e. The monoisotopic (exact) mass is 314 g/mol. The second-order valence-electron chi connectivity index (χ2n) is 6.07. The van der Waals surface area contributed by atoms with Gasteiger partial charge in [0.25, 0.3) is 0 Å². The van der Waals surface area contributed by atoms with E-state index in [2.05, 4.69) is 5.10 Å². The third kappa shape index (κ3) is 2.09. The molecule has 118 valence electrons. The second-order valence-corrected chi connectivity index (χ2v) is 6.07. The summed E-state index contributed by atoms with van der Waals surface area (Å²) >= 11 is 0. The van der Waals surface area contributed by atoms with E-state index in [-0.39, 0.29) is 11.9 Å². The second kappa shape index (κ2) is 5.30. The number of aromatic nitrogens is 3.